The van der Waals surface area contributed by atoms with Crippen molar-refractivity contribution < 1.29 is 9.90 Å². The van der Waals surface area contributed by atoms with E-state index >= 15 is 0 Å². The first-order valence-corrected chi connectivity index (χ1v) is 4.71. The lowest BCUT2D eigenvalue weighted by Crippen LogP contribution is -1.98. The van der Waals surface area contributed by atoms with Gasteiger partial charge in [0.2, 0.25) is 0 Å². The highest BCUT2D eigenvalue weighted by Crippen LogP contribution is 2.25. The van der Waals surface area contributed by atoms with Gasteiger partial charge in [-0.3, -0.25) is 5.10 Å². The van der Waals surface area contributed by atoms with Crippen molar-refractivity contribution in [1.82, 2.24) is 10.2 Å². The van der Waals surface area contributed by atoms with E-state index in [0.717, 1.165) is 5.56 Å². The van der Waals surface area contributed by atoms with Gasteiger partial charge in [0.15, 0.2) is 0 Å². The maximum absolute atomic E-state index is 10.8. The van der Waals surface area contributed by atoms with Gasteiger partial charge in [0.1, 0.15) is 0 Å². The van der Waals surface area contributed by atoms with E-state index in [0.29, 0.717) is 11.3 Å². The molecule has 4 heteroatoms. The normalized spacial score (nSPS) is 10.0. The zero-order chi connectivity index (χ0) is 11.5. The monoisotopic (exact) mass is 214 g/mol. The predicted molar refractivity (Wildman–Crippen MR) is 60.7 cm³/mol. The van der Waals surface area contributed by atoms with Gasteiger partial charge in [-0.25, -0.2) is 4.79 Å². The molecule has 1 aromatic carbocycles. The van der Waals surface area contributed by atoms with Crippen LogP contribution in [0.15, 0.2) is 43.1 Å². The lowest BCUT2D eigenvalue weighted by atomic mass is 10.0. The molecular formula is C12H10N2O2. The van der Waals surface area contributed by atoms with Crippen molar-refractivity contribution in [2.45, 2.75) is 0 Å². The number of carboxylic acids is 1. The summed E-state index contributed by atoms with van der Waals surface area (Å²) in [7, 11) is 0. The summed E-state index contributed by atoms with van der Waals surface area (Å²) in [4.78, 5) is 10.8. The maximum atomic E-state index is 10.8. The fourth-order valence-electron chi connectivity index (χ4n) is 1.46. The molecule has 0 atom stereocenters. The van der Waals surface area contributed by atoms with Crippen LogP contribution in [0.4, 0.5) is 0 Å². The molecule has 4 nitrogen and oxygen atoms in total. The second-order valence-corrected chi connectivity index (χ2v) is 3.31. The summed E-state index contributed by atoms with van der Waals surface area (Å²) >= 11 is 0. The van der Waals surface area contributed by atoms with Crippen LogP contribution in [0.25, 0.3) is 16.8 Å². The Morgan fingerprint density at radius 3 is 2.62 bits per heavy atom. The van der Waals surface area contributed by atoms with Crippen molar-refractivity contribution in [3.05, 3.63) is 48.7 Å². The molecule has 0 fully saturated rings. The first kappa shape index (κ1) is 10.2. The van der Waals surface area contributed by atoms with Gasteiger partial charge in [-0.05, 0) is 0 Å². The standard InChI is InChI=1S/C12H10N2O2/c1-8(12(15)16)10-7-13-14-11(10)9-5-3-2-4-6-9/h2-7H,1H2,(H,13,14)(H,15,16). The molecule has 0 spiro atoms. The molecule has 2 aromatic rings. The highest BCUT2D eigenvalue weighted by atomic mass is 16.4. The van der Waals surface area contributed by atoms with E-state index in [1.807, 2.05) is 30.3 Å². The summed E-state index contributed by atoms with van der Waals surface area (Å²) in [5.74, 6) is -1.04. The maximum Gasteiger partial charge on any atom is 0.335 e. The molecule has 0 radical (unpaired) electrons. The lowest BCUT2D eigenvalue weighted by Gasteiger charge is -2.02. The molecule has 1 heterocycles. The Balaban J connectivity index is 2.48. The van der Waals surface area contributed by atoms with Crippen LogP contribution in [-0.4, -0.2) is 21.3 Å². The van der Waals surface area contributed by atoms with Crippen LogP contribution in [-0.2, 0) is 4.79 Å². The molecule has 1 aromatic heterocycles. The fourth-order valence-corrected chi connectivity index (χ4v) is 1.46. The van der Waals surface area contributed by atoms with E-state index in [4.69, 9.17) is 5.11 Å². The van der Waals surface area contributed by atoms with Crippen LogP contribution < -0.4 is 0 Å². The molecule has 16 heavy (non-hydrogen) atoms. The minimum absolute atomic E-state index is 0.0348. The number of nitrogens with zero attached hydrogens (tertiary/aromatic N) is 1. The summed E-state index contributed by atoms with van der Waals surface area (Å²) in [6, 6.07) is 9.41. The third-order valence-electron chi connectivity index (χ3n) is 2.29. The number of hydrogen-bond acceptors (Lipinski definition) is 2. The molecule has 80 valence electrons. The average Bonchev–Trinajstić information content (AvgIpc) is 2.77. The van der Waals surface area contributed by atoms with Crippen LogP contribution in [0.1, 0.15) is 5.56 Å². The Morgan fingerprint density at radius 2 is 2.00 bits per heavy atom. The number of carboxylic acid groups (broad SMARTS) is 1. The highest BCUT2D eigenvalue weighted by Gasteiger charge is 2.14. The Hall–Kier alpha value is -2.36. The largest absolute Gasteiger partial charge is 0.478 e. The van der Waals surface area contributed by atoms with E-state index in [1.54, 1.807) is 0 Å². The van der Waals surface area contributed by atoms with E-state index < -0.39 is 5.97 Å². The molecule has 2 rings (SSSR count). The van der Waals surface area contributed by atoms with Gasteiger partial charge in [0.05, 0.1) is 17.5 Å². The summed E-state index contributed by atoms with van der Waals surface area (Å²) < 4.78 is 0. The van der Waals surface area contributed by atoms with Crippen molar-refractivity contribution in [3.63, 3.8) is 0 Å². The second-order valence-electron chi connectivity index (χ2n) is 3.31. The smallest absolute Gasteiger partial charge is 0.335 e. The molecule has 0 aliphatic carbocycles. The number of aliphatic carboxylic acids is 1. The van der Waals surface area contributed by atoms with Gasteiger partial charge in [-0.15, -0.1) is 0 Å². The van der Waals surface area contributed by atoms with Crippen LogP contribution in [0, 0.1) is 0 Å². The minimum atomic E-state index is -1.04. The zero-order valence-corrected chi connectivity index (χ0v) is 8.47. The summed E-state index contributed by atoms with van der Waals surface area (Å²) in [5.41, 5.74) is 2.11. The number of carbonyl (C=O) groups is 1. The highest BCUT2D eigenvalue weighted by molar-refractivity contribution is 6.16. The topological polar surface area (TPSA) is 66.0 Å². The number of benzene rings is 1. The molecule has 0 amide bonds. The number of aromatic amines is 1. The van der Waals surface area contributed by atoms with Crippen LogP contribution in [0.2, 0.25) is 0 Å². The summed E-state index contributed by atoms with van der Waals surface area (Å²) in [6.45, 7) is 3.52. The number of aromatic nitrogens is 2. The predicted octanol–water partition coefficient (Wildman–Crippen LogP) is 2.17. The van der Waals surface area contributed by atoms with E-state index in [2.05, 4.69) is 16.8 Å². The van der Waals surface area contributed by atoms with Crippen LogP contribution >= 0.6 is 0 Å². The number of H-pyrrole nitrogens is 1. The summed E-state index contributed by atoms with van der Waals surface area (Å²) in [5, 5.41) is 15.5. The Bertz CT molecular complexity index is 529. The van der Waals surface area contributed by atoms with E-state index in [1.165, 1.54) is 6.20 Å². The van der Waals surface area contributed by atoms with Crippen molar-refractivity contribution in [2.24, 2.45) is 0 Å². The first-order valence-electron chi connectivity index (χ1n) is 4.71. The van der Waals surface area contributed by atoms with Gasteiger partial charge in [-0.1, -0.05) is 36.9 Å². The number of nitrogens with one attached hydrogen (secondary N) is 1. The average molecular weight is 214 g/mol. The third kappa shape index (κ3) is 1.72. The lowest BCUT2D eigenvalue weighted by molar-refractivity contribution is -0.130. The Labute approximate surface area is 92.2 Å². The van der Waals surface area contributed by atoms with Crippen molar-refractivity contribution >= 4 is 11.5 Å². The SMILES string of the molecule is C=C(C(=O)O)c1cn[nH]c1-c1ccccc1. The molecule has 0 bridgehead atoms. The number of hydrogen-bond donors (Lipinski definition) is 2. The molecule has 0 unspecified atom stereocenters. The third-order valence-corrected chi connectivity index (χ3v) is 2.29. The summed E-state index contributed by atoms with van der Waals surface area (Å²) in [6.07, 6.45) is 1.47. The van der Waals surface area contributed by atoms with E-state index in [-0.39, 0.29) is 5.57 Å². The van der Waals surface area contributed by atoms with Crippen LogP contribution in [0.3, 0.4) is 0 Å². The van der Waals surface area contributed by atoms with Crippen molar-refractivity contribution in [3.8, 4) is 11.3 Å². The van der Waals surface area contributed by atoms with E-state index in [9.17, 15) is 4.79 Å². The van der Waals surface area contributed by atoms with Crippen molar-refractivity contribution in [1.29, 1.82) is 0 Å². The Morgan fingerprint density at radius 1 is 1.31 bits per heavy atom. The quantitative estimate of drug-likeness (QED) is 0.769. The minimum Gasteiger partial charge on any atom is -0.478 e. The van der Waals surface area contributed by atoms with Crippen molar-refractivity contribution in [2.75, 3.05) is 0 Å². The Kier molecular flexibility index (Phi) is 2.55. The molecular weight excluding hydrogens is 204 g/mol. The molecule has 0 aliphatic rings. The van der Waals surface area contributed by atoms with Gasteiger partial charge < -0.3 is 5.11 Å². The zero-order valence-electron chi connectivity index (χ0n) is 8.47. The van der Waals surface area contributed by atoms with Gasteiger partial charge in [0, 0.05) is 11.1 Å². The molecule has 0 aliphatic heterocycles. The molecule has 0 saturated heterocycles. The molecule has 2 N–H and O–H groups in total. The van der Waals surface area contributed by atoms with Gasteiger partial charge in [-0.2, -0.15) is 5.10 Å². The van der Waals surface area contributed by atoms with Gasteiger partial charge in [0.25, 0.3) is 0 Å². The first-order chi connectivity index (χ1) is 7.70. The molecule has 0 saturated carbocycles. The second kappa shape index (κ2) is 4.02. The van der Waals surface area contributed by atoms with Crippen LogP contribution in [0.5, 0.6) is 0 Å². The van der Waals surface area contributed by atoms with Gasteiger partial charge >= 0.3 is 5.97 Å². The number of rotatable bonds is 3. The fraction of sp³-hybridized carbons (Fsp3) is 0.